The molecule has 0 N–H and O–H groups in total. The maximum absolute atomic E-state index is 13.1. The molecule has 0 aliphatic carbocycles. The van der Waals surface area contributed by atoms with Gasteiger partial charge < -0.3 is 4.74 Å². The van der Waals surface area contributed by atoms with Crippen LogP contribution in [0.5, 0.6) is 0 Å². The Morgan fingerprint density at radius 2 is 1.38 bits per heavy atom. The lowest BCUT2D eigenvalue weighted by molar-refractivity contribution is 0.0276. The molecule has 29 heavy (non-hydrogen) atoms. The highest BCUT2D eigenvalue weighted by molar-refractivity contribution is 7.91. The first-order chi connectivity index (χ1) is 13.9. The summed E-state index contributed by atoms with van der Waals surface area (Å²) in [5.74, 6) is -1.40. The Labute approximate surface area is 169 Å². The number of hydrogen-bond acceptors (Lipinski definition) is 5. The topological polar surface area (TPSA) is 77.5 Å². The fraction of sp³-hybridized carbons (Fsp3) is 0.130. The summed E-state index contributed by atoms with van der Waals surface area (Å²) in [6, 6.07) is 23.0. The number of hydrogen-bond donors (Lipinski definition) is 0. The third-order valence-electron chi connectivity index (χ3n) is 4.45. The first-order valence-corrected chi connectivity index (χ1v) is 10.8. The van der Waals surface area contributed by atoms with Crippen LogP contribution in [-0.2, 0) is 14.6 Å². The molecule has 5 nitrogen and oxygen atoms in total. The van der Waals surface area contributed by atoms with Gasteiger partial charge in [0.1, 0.15) is 0 Å². The molecule has 0 amide bonds. The molecule has 0 heterocycles. The SMILES string of the molecule is CCS(=O)(=O)c1ccccc1C(=O)OC(C(=O)c1ccccc1)c1ccccc1. The Morgan fingerprint density at radius 1 is 0.828 bits per heavy atom. The van der Waals surface area contributed by atoms with Crippen molar-refractivity contribution in [1.29, 1.82) is 0 Å². The van der Waals surface area contributed by atoms with Crippen LogP contribution in [0.1, 0.15) is 39.3 Å². The minimum atomic E-state index is -3.63. The van der Waals surface area contributed by atoms with E-state index in [1.165, 1.54) is 19.1 Å². The molecule has 0 saturated carbocycles. The lowest BCUT2D eigenvalue weighted by atomic mass is 10.00. The maximum Gasteiger partial charge on any atom is 0.340 e. The van der Waals surface area contributed by atoms with Crippen LogP contribution < -0.4 is 0 Å². The van der Waals surface area contributed by atoms with Gasteiger partial charge in [-0.25, -0.2) is 13.2 Å². The molecule has 0 radical (unpaired) electrons. The average molecular weight is 408 g/mol. The Morgan fingerprint density at radius 3 is 2.00 bits per heavy atom. The van der Waals surface area contributed by atoms with E-state index in [1.807, 2.05) is 0 Å². The predicted octanol–water partition coefficient (Wildman–Crippen LogP) is 4.26. The van der Waals surface area contributed by atoms with Crippen molar-refractivity contribution in [1.82, 2.24) is 0 Å². The monoisotopic (exact) mass is 408 g/mol. The predicted molar refractivity (Wildman–Crippen MR) is 110 cm³/mol. The van der Waals surface area contributed by atoms with Crippen LogP contribution in [0, 0.1) is 0 Å². The van der Waals surface area contributed by atoms with Gasteiger partial charge in [0.25, 0.3) is 0 Å². The fourth-order valence-corrected chi connectivity index (χ4v) is 3.97. The zero-order valence-corrected chi connectivity index (χ0v) is 16.6. The van der Waals surface area contributed by atoms with Gasteiger partial charge in [-0.3, -0.25) is 4.79 Å². The van der Waals surface area contributed by atoms with Crippen LogP contribution in [-0.4, -0.2) is 25.9 Å². The number of Topliss-reactive ketones (excluding diaryl/α,β-unsaturated/α-hetero) is 1. The van der Waals surface area contributed by atoms with E-state index < -0.39 is 21.9 Å². The van der Waals surface area contributed by atoms with Crippen LogP contribution in [0.3, 0.4) is 0 Å². The summed E-state index contributed by atoms with van der Waals surface area (Å²) >= 11 is 0. The van der Waals surface area contributed by atoms with Gasteiger partial charge in [0.2, 0.25) is 5.78 Å². The second kappa shape index (κ2) is 8.84. The minimum Gasteiger partial charge on any atom is -0.445 e. The first kappa shape index (κ1) is 20.5. The molecule has 0 aromatic heterocycles. The molecule has 0 saturated heterocycles. The molecule has 148 valence electrons. The standard InChI is InChI=1S/C23H20O5S/c1-2-29(26,27)20-16-10-9-15-19(20)23(25)28-22(18-13-7-4-8-14-18)21(24)17-11-5-3-6-12-17/h3-16,22H,2H2,1H3. The van der Waals surface area contributed by atoms with E-state index in [-0.39, 0.29) is 22.0 Å². The molecule has 1 unspecified atom stereocenters. The number of carbonyl (C=O) groups excluding carboxylic acids is 2. The molecular weight excluding hydrogens is 388 g/mol. The Kier molecular flexibility index (Phi) is 6.24. The Bertz CT molecular complexity index is 1110. The number of benzene rings is 3. The molecule has 3 aromatic rings. The molecule has 1 atom stereocenters. The zero-order chi connectivity index (χ0) is 20.9. The summed E-state index contributed by atoms with van der Waals surface area (Å²) in [7, 11) is -3.63. The number of ketones is 1. The average Bonchev–Trinajstić information content (AvgIpc) is 2.78. The molecule has 6 heteroatoms. The molecule has 0 spiro atoms. The largest absolute Gasteiger partial charge is 0.445 e. The van der Waals surface area contributed by atoms with Crippen LogP contribution in [0.15, 0.2) is 89.8 Å². The Balaban J connectivity index is 2.00. The lowest BCUT2D eigenvalue weighted by Gasteiger charge is -2.18. The molecule has 3 aromatic carbocycles. The number of esters is 1. The number of sulfone groups is 1. The zero-order valence-electron chi connectivity index (χ0n) is 15.8. The van der Waals surface area contributed by atoms with Gasteiger partial charge in [-0.05, 0) is 12.1 Å². The van der Waals surface area contributed by atoms with Gasteiger partial charge in [0.05, 0.1) is 16.2 Å². The maximum atomic E-state index is 13.1. The van der Waals surface area contributed by atoms with Crippen molar-refractivity contribution in [2.45, 2.75) is 17.9 Å². The van der Waals surface area contributed by atoms with Gasteiger partial charge >= 0.3 is 5.97 Å². The second-order valence-electron chi connectivity index (χ2n) is 6.33. The van der Waals surface area contributed by atoms with Crippen LogP contribution in [0.25, 0.3) is 0 Å². The quantitative estimate of drug-likeness (QED) is 0.431. The van der Waals surface area contributed by atoms with Crippen molar-refractivity contribution in [2.24, 2.45) is 0 Å². The summed E-state index contributed by atoms with van der Waals surface area (Å²) in [5, 5.41) is 0. The van der Waals surface area contributed by atoms with E-state index in [1.54, 1.807) is 72.8 Å². The van der Waals surface area contributed by atoms with Gasteiger partial charge in [-0.15, -0.1) is 0 Å². The lowest BCUT2D eigenvalue weighted by Crippen LogP contribution is -2.22. The van der Waals surface area contributed by atoms with E-state index in [9.17, 15) is 18.0 Å². The van der Waals surface area contributed by atoms with Crippen molar-refractivity contribution in [3.05, 3.63) is 102 Å². The number of carbonyl (C=O) groups is 2. The second-order valence-corrected chi connectivity index (χ2v) is 8.57. The molecule has 0 fully saturated rings. The third-order valence-corrected chi connectivity index (χ3v) is 6.23. The fourth-order valence-electron chi connectivity index (χ4n) is 2.89. The smallest absolute Gasteiger partial charge is 0.340 e. The van der Waals surface area contributed by atoms with Crippen molar-refractivity contribution in [3.63, 3.8) is 0 Å². The van der Waals surface area contributed by atoms with Crippen molar-refractivity contribution in [2.75, 3.05) is 5.75 Å². The highest BCUT2D eigenvalue weighted by Crippen LogP contribution is 2.26. The summed E-state index contributed by atoms with van der Waals surface area (Å²) in [6.45, 7) is 1.50. The van der Waals surface area contributed by atoms with Crippen LogP contribution in [0.4, 0.5) is 0 Å². The highest BCUT2D eigenvalue weighted by Gasteiger charge is 2.29. The normalized spacial score (nSPS) is 12.2. The van der Waals surface area contributed by atoms with Gasteiger partial charge in [0.15, 0.2) is 15.9 Å². The molecule has 0 aliphatic heterocycles. The molecule has 0 aliphatic rings. The van der Waals surface area contributed by atoms with Gasteiger partial charge in [-0.2, -0.15) is 0 Å². The van der Waals surface area contributed by atoms with E-state index in [2.05, 4.69) is 0 Å². The Hall–Kier alpha value is -3.25. The van der Waals surface area contributed by atoms with Crippen molar-refractivity contribution < 1.29 is 22.7 Å². The van der Waals surface area contributed by atoms with Crippen LogP contribution >= 0.6 is 0 Å². The highest BCUT2D eigenvalue weighted by atomic mass is 32.2. The van der Waals surface area contributed by atoms with Crippen LogP contribution in [0.2, 0.25) is 0 Å². The van der Waals surface area contributed by atoms with Crippen molar-refractivity contribution in [3.8, 4) is 0 Å². The minimum absolute atomic E-state index is 0.0869. The van der Waals surface area contributed by atoms with E-state index in [0.717, 1.165) is 0 Å². The van der Waals surface area contributed by atoms with Crippen molar-refractivity contribution >= 4 is 21.6 Å². The van der Waals surface area contributed by atoms with Gasteiger partial charge in [0, 0.05) is 11.1 Å². The first-order valence-electron chi connectivity index (χ1n) is 9.11. The summed E-state index contributed by atoms with van der Waals surface area (Å²) < 4.78 is 30.3. The van der Waals surface area contributed by atoms with Gasteiger partial charge in [-0.1, -0.05) is 79.7 Å². The van der Waals surface area contributed by atoms with E-state index >= 15 is 0 Å². The van der Waals surface area contributed by atoms with E-state index in [4.69, 9.17) is 4.74 Å². The number of rotatable bonds is 7. The third kappa shape index (κ3) is 4.60. The molecule has 3 rings (SSSR count). The summed E-state index contributed by atoms with van der Waals surface area (Å²) in [6.07, 6.45) is -1.19. The number of ether oxygens (including phenoxy) is 1. The summed E-state index contributed by atoms with van der Waals surface area (Å²) in [4.78, 5) is 25.9. The molecule has 0 bridgehead atoms. The summed E-state index contributed by atoms with van der Waals surface area (Å²) in [5.41, 5.74) is 0.810. The van der Waals surface area contributed by atoms with E-state index in [0.29, 0.717) is 11.1 Å². The molecular formula is C23H20O5S.